The summed E-state index contributed by atoms with van der Waals surface area (Å²) in [5, 5.41) is 3.48. The summed E-state index contributed by atoms with van der Waals surface area (Å²) < 4.78 is 5.06. The molecule has 1 N–H and O–H groups in total. The molecule has 0 unspecified atom stereocenters. The summed E-state index contributed by atoms with van der Waals surface area (Å²) in [6, 6.07) is 8.80. The lowest BCUT2D eigenvalue weighted by Gasteiger charge is -2.08. The highest BCUT2D eigenvalue weighted by Gasteiger charge is 1.98. The first kappa shape index (κ1) is 15.5. The van der Waals surface area contributed by atoms with E-state index in [-0.39, 0.29) is 0 Å². The minimum absolute atomic E-state index is 0.705. The van der Waals surface area contributed by atoms with Crippen LogP contribution in [0.3, 0.4) is 0 Å². The summed E-state index contributed by atoms with van der Waals surface area (Å²) in [6.45, 7) is 7.35. The van der Waals surface area contributed by atoms with E-state index < -0.39 is 0 Å². The zero-order valence-electron chi connectivity index (χ0n) is 11.7. The van der Waals surface area contributed by atoms with Crippen molar-refractivity contribution in [2.45, 2.75) is 31.7 Å². The Morgan fingerprint density at radius 2 is 2.17 bits per heavy atom. The van der Waals surface area contributed by atoms with Crippen LogP contribution in [-0.2, 0) is 11.3 Å². The van der Waals surface area contributed by atoms with Crippen LogP contribution in [0.25, 0.3) is 0 Å². The quantitative estimate of drug-likeness (QED) is 0.546. The van der Waals surface area contributed by atoms with Crippen molar-refractivity contribution in [2.24, 2.45) is 5.92 Å². The summed E-state index contributed by atoms with van der Waals surface area (Å²) in [7, 11) is 1.76. The molecule has 1 aromatic rings. The van der Waals surface area contributed by atoms with E-state index in [1.165, 1.54) is 10.5 Å². The van der Waals surface area contributed by atoms with Crippen LogP contribution < -0.4 is 5.32 Å². The smallest absolute Gasteiger partial charge is 0.0470 e. The minimum Gasteiger partial charge on any atom is -0.385 e. The molecule has 0 aliphatic rings. The zero-order chi connectivity index (χ0) is 13.2. The third kappa shape index (κ3) is 7.04. The molecule has 0 aliphatic heterocycles. The van der Waals surface area contributed by atoms with Gasteiger partial charge >= 0.3 is 0 Å². The second-order valence-electron chi connectivity index (χ2n) is 4.87. The van der Waals surface area contributed by atoms with Crippen LogP contribution >= 0.6 is 11.8 Å². The van der Waals surface area contributed by atoms with E-state index in [1.54, 1.807) is 7.11 Å². The van der Waals surface area contributed by atoms with E-state index in [2.05, 4.69) is 43.4 Å². The van der Waals surface area contributed by atoms with Crippen LogP contribution in [0.1, 0.15) is 25.8 Å². The van der Waals surface area contributed by atoms with E-state index >= 15 is 0 Å². The molecule has 0 bridgehead atoms. The first-order valence-electron chi connectivity index (χ1n) is 6.63. The highest BCUT2D eigenvalue weighted by Crippen LogP contribution is 2.19. The average Bonchev–Trinajstić information content (AvgIpc) is 2.35. The molecular weight excluding hydrogens is 242 g/mol. The molecule has 0 radical (unpaired) electrons. The van der Waals surface area contributed by atoms with E-state index in [4.69, 9.17) is 4.74 Å². The molecule has 0 saturated heterocycles. The fourth-order valence-corrected chi connectivity index (χ4v) is 2.55. The van der Waals surface area contributed by atoms with Crippen LogP contribution in [0.5, 0.6) is 0 Å². The Labute approximate surface area is 116 Å². The normalized spacial score (nSPS) is 11.1. The lowest BCUT2D eigenvalue weighted by atomic mass is 10.2. The summed E-state index contributed by atoms with van der Waals surface area (Å²) in [4.78, 5) is 1.36. The van der Waals surface area contributed by atoms with E-state index in [0.717, 1.165) is 31.9 Å². The Hall–Kier alpha value is -0.510. The van der Waals surface area contributed by atoms with Crippen molar-refractivity contribution in [3.05, 3.63) is 29.8 Å². The number of hydrogen-bond acceptors (Lipinski definition) is 3. The summed E-state index contributed by atoms with van der Waals surface area (Å²) in [6.07, 6.45) is 1.11. The number of benzene rings is 1. The number of hydrogen-bond donors (Lipinski definition) is 1. The van der Waals surface area contributed by atoms with Gasteiger partial charge in [-0.25, -0.2) is 0 Å². The van der Waals surface area contributed by atoms with E-state index in [0.29, 0.717) is 5.92 Å². The number of thioether (sulfide) groups is 1. The maximum atomic E-state index is 5.06. The summed E-state index contributed by atoms with van der Waals surface area (Å²) >= 11 is 1.91. The molecule has 0 atom stereocenters. The number of ether oxygens (including phenoxy) is 1. The van der Waals surface area contributed by atoms with Crippen molar-refractivity contribution in [3.63, 3.8) is 0 Å². The van der Waals surface area contributed by atoms with Crippen molar-refractivity contribution < 1.29 is 4.74 Å². The minimum atomic E-state index is 0.705. The van der Waals surface area contributed by atoms with Gasteiger partial charge in [-0.15, -0.1) is 11.8 Å². The Balaban J connectivity index is 2.32. The van der Waals surface area contributed by atoms with Gasteiger partial charge in [-0.2, -0.15) is 0 Å². The van der Waals surface area contributed by atoms with Crippen LogP contribution in [0, 0.1) is 5.92 Å². The van der Waals surface area contributed by atoms with Gasteiger partial charge in [0.15, 0.2) is 0 Å². The average molecular weight is 267 g/mol. The highest BCUT2D eigenvalue weighted by atomic mass is 32.2. The van der Waals surface area contributed by atoms with Gasteiger partial charge in [0.05, 0.1) is 0 Å². The Bertz CT molecular complexity index is 328. The monoisotopic (exact) mass is 267 g/mol. The van der Waals surface area contributed by atoms with Crippen molar-refractivity contribution in [3.8, 4) is 0 Å². The molecule has 1 rings (SSSR count). The highest BCUT2D eigenvalue weighted by molar-refractivity contribution is 7.99. The van der Waals surface area contributed by atoms with Crippen LogP contribution in [0.4, 0.5) is 0 Å². The van der Waals surface area contributed by atoms with Crippen molar-refractivity contribution in [2.75, 3.05) is 26.0 Å². The van der Waals surface area contributed by atoms with Crippen LogP contribution in [0.15, 0.2) is 29.2 Å². The van der Waals surface area contributed by atoms with Crippen molar-refractivity contribution in [1.82, 2.24) is 5.32 Å². The molecule has 0 heterocycles. The SMILES string of the molecule is COCCCSc1cccc(CNCC(C)C)c1. The molecule has 0 saturated carbocycles. The van der Waals surface area contributed by atoms with Crippen LogP contribution in [0.2, 0.25) is 0 Å². The van der Waals surface area contributed by atoms with Gasteiger partial charge < -0.3 is 10.1 Å². The van der Waals surface area contributed by atoms with Gasteiger partial charge in [0.2, 0.25) is 0 Å². The Kier molecular flexibility index (Phi) is 8.14. The standard InChI is InChI=1S/C15H25NOS/c1-13(2)11-16-12-14-6-4-7-15(10-14)18-9-5-8-17-3/h4,6-7,10,13,16H,5,8-9,11-12H2,1-3H3. The number of methoxy groups -OCH3 is 1. The van der Waals surface area contributed by atoms with Crippen molar-refractivity contribution >= 4 is 11.8 Å². The molecule has 0 amide bonds. The summed E-state index contributed by atoms with van der Waals surface area (Å²) in [5.74, 6) is 1.83. The van der Waals surface area contributed by atoms with Gasteiger partial charge in [0, 0.05) is 30.9 Å². The predicted octanol–water partition coefficient (Wildman–Crippen LogP) is 3.56. The van der Waals surface area contributed by atoms with Gasteiger partial charge in [0.1, 0.15) is 0 Å². The molecule has 0 aliphatic carbocycles. The fourth-order valence-electron chi connectivity index (χ4n) is 1.64. The maximum absolute atomic E-state index is 5.06. The predicted molar refractivity (Wildman–Crippen MR) is 80.2 cm³/mol. The fraction of sp³-hybridized carbons (Fsp3) is 0.600. The molecule has 3 heteroatoms. The molecule has 0 fully saturated rings. The first-order chi connectivity index (χ1) is 8.72. The molecule has 1 aromatic carbocycles. The van der Waals surface area contributed by atoms with Crippen LogP contribution in [-0.4, -0.2) is 26.0 Å². The maximum Gasteiger partial charge on any atom is 0.0470 e. The molecule has 0 aromatic heterocycles. The molecule has 102 valence electrons. The second kappa shape index (κ2) is 9.42. The lowest BCUT2D eigenvalue weighted by molar-refractivity contribution is 0.200. The van der Waals surface area contributed by atoms with Gasteiger partial charge in [-0.1, -0.05) is 26.0 Å². The largest absolute Gasteiger partial charge is 0.385 e. The number of nitrogens with one attached hydrogen (secondary N) is 1. The Morgan fingerprint density at radius 1 is 1.33 bits per heavy atom. The molecule has 18 heavy (non-hydrogen) atoms. The van der Waals surface area contributed by atoms with Gasteiger partial charge in [-0.3, -0.25) is 0 Å². The topological polar surface area (TPSA) is 21.3 Å². The third-order valence-corrected chi connectivity index (χ3v) is 3.62. The summed E-state index contributed by atoms with van der Waals surface area (Å²) in [5.41, 5.74) is 1.37. The van der Waals surface area contributed by atoms with E-state index in [1.807, 2.05) is 11.8 Å². The molecule has 2 nitrogen and oxygen atoms in total. The molecule has 0 spiro atoms. The van der Waals surface area contributed by atoms with E-state index in [9.17, 15) is 0 Å². The third-order valence-electron chi connectivity index (χ3n) is 2.54. The zero-order valence-corrected chi connectivity index (χ0v) is 12.6. The first-order valence-corrected chi connectivity index (χ1v) is 7.62. The van der Waals surface area contributed by atoms with Gasteiger partial charge in [-0.05, 0) is 36.6 Å². The van der Waals surface area contributed by atoms with Gasteiger partial charge in [0.25, 0.3) is 0 Å². The van der Waals surface area contributed by atoms with Crippen molar-refractivity contribution in [1.29, 1.82) is 0 Å². The Morgan fingerprint density at radius 3 is 2.89 bits per heavy atom. The lowest BCUT2D eigenvalue weighted by Crippen LogP contribution is -2.18. The second-order valence-corrected chi connectivity index (χ2v) is 6.04. The molecular formula is C15H25NOS. The number of rotatable bonds is 9.